The van der Waals surface area contributed by atoms with Crippen molar-refractivity contribution in [3.63, 3.8) is 0 Å². The van der Waals surface area contributed by atoms with Crippen LogP contribution in [-0.2, 0) is 9.53 Å². The van der Waals surface area contributed by atoms with E-state index in [4.69, 9.17) is 4.74 Å². The van der Waals surface area contributed by atoms with Crippen molar-refractivity contribution >= 4 is 35.0 Å². The molecule has 30 heavy (non-hydrogen) atoms. The Hall–Kier alpha value is -3.72. The zero-order valence-electron chi connectivity index (χ0n) is 15.9. The van der Waals surface area contributed by atoms with Gasteiger partial charge in [0.25, 0.3) is 11.6 Å². The summed E-state index contributed by atoms with van der Waals surface area (Å²) >= 11 is 1.31. The number of hydrogen-bond acceptors (Lipinski definition) is 7. The van der Waals surface area contributed by atoms with Crippen LogP contribution in [0.5, 0.6) is 0 Å². The molecule has 8 nitrogen and oxygen atoms in total. The highest BCUT2D eigenvalue weighted by atomic mass is 32.2. The lowest BCUT2D eigenvalue weighted by Crippen LogP contribution is -2.21. The Balaban J connectivity index is 1.64. The number of nitro benzene ring substituents is 1. The number of nitrogens with zero attached hydrogens (tertiary/aromatic N) is 2. The number of rotatable bonds is 7. The SMILES string of the molecule is Cc1ccc([N+](=O)[O-])cc1NC(=O)COC(=O)c1cccnc1Sc1ccccc1. The Labute approximate surface area is 176 Å². The van der Waals surface area contributed by atoms with E-state index in [-0.39, 0.29) is 16.9 Å². The summed E-state index contributed by atoms with van der Waals surface area (Å²) in [6.45, 7) is 1.17. The zero-order valence-corrected chi connectivity index (χ0v) is 16.7. The summed E-state index contributed by atoms with van der Waals surface area (Å²) in [6, 6.07) is 16.7. The lowest BCUT2D eigenvalue weighted by molar-refractivity contribution is -0.384. The molecule has 3 rings (SSSR count). The van der Waals surface area contributed by atoms with Crippen molar-refractivity contribution in [3.8, 4) is 0 Å². The second-order valence-corrected chi connectivity index (χ2v) is 7.21. The van der Waals surface area contributed by atoms with Crippen molar-refractivity contribution < 1.29 is 19.2 Å². The van der Waals surface area contributed by atoms with Crippen LogP contribution < -0.4 is 5.32 Å². The highest BCUT2D eigenvalue weighted by Crippen LogP contribution is 2.28. The summed E-state index contributed by atoms with van der Waals surface area (Å²) in [5.41, 5.74) is 1.03. The van der Waals surface area contributed by atoms with Gasteiger partial charge in [0.05, 0.1) is 16.2 Å². The van der Waals surface area contributed by atoms with Gasteiger partial charge in [0, 0.05) is 23.2 Å². The Morgan fingerprint density at radius 2 is 1.90 bits per heavy atom. The molecule has 0 aliphatic heterocycles. The molecule has 0 aliphatic rings. The first-order chi connectivity index (χ1) is 14.4. The summed E-state index contributed by atoms with van der Waals surface area (Å²) in [7, 11) is 0. The van der Waals surface area contributed by atoms with Crippen LogP contribution in [0.1, 0.15) is 15.9 Å². The van der Waals surface area contributed by atoms with Gasteiger partial charge in [0.15, 0.2) is 6.61 Å². The molecule has 0 saturated carbocycles. The summed E-state index contributed by atoms with van der Waals surface area (Å²) < 4.78 is 5.12. The third-order valence-electron chi connectivity index (χ3n) is 3.99. The van der Waals surface area contributed by atoms with E-state index in [0.717, 1.165) is 4.90 Å². The number of non-ortho nitro benzene ring substituents is 1. The number of amides is 1. The van der Waals surface area contributed by atoms with Crippen LogP contribution in [0.4, 0.5) is 11.4 Å². The van der Waals surface area contributed by atoms with Gasteiger partial charge in [-0.1, -0.05) is 36.0 Å². The highest BCUT2D eigenvalue weighted by Gasteiger charge is 2.17. The average molecular weight is 423 g/mol. The summed E-state index contributed by atoms with van der Waals surface area (Å²) in [5, 5.41) is 13.9. The number of esters is 1. The number of aromatic nitrogens is 1. The molecule has 1 heterocycles. The molecule has 0 aliphatic carbocycles. The maximum Gasteiger partial charge on any atom is 0.341 e. The van der Waals surface area contributed by atoms with Gasteiger partial charge in [-0.05, 0) is 36.8 Å². The molecule has 0 atom stereocenters. The fourth-order valence-electron chi connectivity index (χ4n) is 2.48. The van der Waals surface area contributed by atoms with Gasteiger partial charge < -0.3 is 10.1 Å². The van der Waals surface area contributed by atoms with Crippen molar-refractivity contribution in [2.45, 2.75) is 16.8 Å². The summed E-state index contributed by atoms with van der Waals surface area (Å²) in [5.74, 6) is -1.29. The normalized spacial score (nSPS) is 10.3. The maximum absolute atomic E-state index is 12.5. The first kappa shape index (κ1) is 21.0. The molecule has 1 aromatic heterocycles. The van der Waals surface area contributed by atoms with E-state index in [1.54, 1.807) is 25.3 Å². The van der Waals surface area contributed by atoms with Gasteiger partial charge in [-0.3, -0.25) is 14.9 Å². The minimum atomic E-state index is -0.688. The number of nitrogens with one attached hydrogen (secondary N) is 1. The van der Waals surface area contributed by atoms with E-state index in [2.05, 4.69) is 10.3 Å². The summed E-state index contributed by atoms with van der Waals surface area (Å²) in [6.07, 6.45) is 1.57. The topological polar surface area (TPSA) is 111 Å². The lowest BCUT2D eigenvalue weighted by Gasteiger charge is -2.10. The molecule has 9 heteroatoms. The molecule has 2 aromatic carbocycles. The number of hydrogen-bond donors (Lipinski definition) is 1. The largest absolute Gasteiger partial charge is 0.452 e. The van der Waals surface area contributed by atoms with E-state index in [1.165, 1.54) is 30.0 Å². The molecule has 0 spiro atoms. The highest BCUT2D eigenvalue weighted by molar-refractivity contribution is 7.99. The van der Waals surface area contributed by atoms with Gasteiger partial charge in [-0.2, -0.15) is 0 Å². The van der Waals surface area contributed by atoms with Crippen LogP contribution in [0.3, 0.4) is 0 Å². The second kappa shape index (κ2) is 9.66. The van der Waals surface area contributed by atoms with E-state index in [9.17, 15) is 19.7 Å². The number of benzene rings is 2. The Bertz CT molecular complexity index is 1090. The third-order valence-corrected chi connectivity index (χ3v) is 5.02. The maximum atomic E-state index is 12.5. The molecular weight excluding hydrogens is 406 g/mol. The fraction of sp³-hybridized carbons (Fsp3) is 0.0952. The van der Waals surface area contributed by atoms with Crippen LogP contribution in [0.15, 0.2) is 76.8 Å². The van der Waals surface area contributed by atoms with Crippen LogP contribution in [0, 0.1) is 17.0 Å². The molecule has 0 saturated heterocycles. The van der Waals surface area contributed by atoms with Gasteiger partial charge in [0.1, 0.15) is 5.03 Å². The first-order valence-electron chi connectivity index (χ1n) is 8.84. The smallest absolute Gasteiger partial charge is 0.341 e. The molecule has 1 N–H and O–H groups in total. The van der Waals surface area contributed by atoms with Crippen LogP contribution in [0.2, 0.25) is 0 Å². The standard InChI is InChI=1S/C21H17N3O5S/c1-14-9-10-15(24(27)28)12-18(14)23-19(25)13-29-21(26)17-8-5-11-22-20(17)30-16-6-3-2-4-7-16/h2-12H,13H2,1H3,(H,23,25). The molecule has 152 valence electrons. The molecule has 1 amide bonds. The van der Waals surface area contributed by atoms with Crippen molar-refractivity contribution in [1.29, 1.82) is 0 Å². The minimum absolute atomic E-state index is 0.147. The van der Waals surface area contributed by atoms with Crippen LogP contribution in [-0.4, -0.2) is 28.4 Å². The molecule has 0 unspecified atom stereocenters. The van der Waals surface area contributed by atoms with E-state index >= 15 is 0 Å². The third kappa shape index (κ3) is 5.42. The van der Waals surface area contributed by atoms with E-state index < -0.39 is 23.4 Å². The molecular formula is C21H17N3O5S. The van der Waals surface area contributed by atoms with Crippen LogP contribution in [0.25, 0.3) is 0 Å². The Morgan fingerprint density at radius 1 is 1.13 bits per heavy atom. The molecule has 0 radical (unpaired) electrons. The second-order valence-electron chi connectivity index (χ2n) is 6.15. The quantitative estimate of drug-likeness (QED) is 0.343. The van der Waals surface area contributed by atoms with Crippen molar-refractivity contribution in [1.82, 2.24) is 4.98 Å². The number of carbonyl (C=O) groups excluding carboxylic acids is 2. The van der Waals surface area contributed by atoms with Gasteiger partial charge in [0.2, 0.25) is 0 Å². The van der Waals surface area contributed by atoms with E-state index in [0.29, 0.717) is 10.6 Å². The predicted octanol–water partition coefficient (Wildman–Crippen LogP) is 4.24. The predicted molar refractivity (Wildman–Crippen MR) is 112 cm³/mol. The Kier molecular flexibility index (Phi) is 6.76. The fourth-order valence-corrected chi connectivity index (χ4v) is 3.37. The lowest BCUT2D eigenvalue weighted by atomic mass is 10.2. The number of aryl methyl sites for hydroxylation is 1. The first-order valence-corrected chi connectivity index (χ1v) is 9.65. The monoisotopic (exact) mass is 423 g/mol. The summed E-state index contributed by atoms with van der Waals surface area (Å²) in [4.78, 5) is 40.1. The number of nitro groups is 1. The molecule has 3 aromatic rings. The number of carbonyl (C=O) groups is 2. The molecule has 0 fully saturated rings. The van der Waals surface area contributed by atoms with Crippen molar-refractivity contribution in [2.75, 3.05) is 11.9 Å². The average Bonchev–Trinajstić information content (AvgIpc) is 2.74. The van der Waals surface area contributed by atoms with Gasteiger partial charge in [-0.25, -0.2) is 9.78 Å². The number of pyridine rings is 1. The number of anilines is 1. The van der Waals surface area contributed by atoms with Gasteiger partial charge >= 0.3 is 5.97 Å². The van der Waals surface area contributed by atoms with Crippen molar-refractivity contribution in [3.05, 3.63) is 88.1 Å². The molecule has 0 bridgehead atoms. The number of ether oxygens (including phenoxy) is 1. The van der Waals surface area contributed by atoms with Crippen LogP contribution >= 0.6 is 11.8 Å². The minimum Gasteiger partial charge on any atom is -0.452 e. The van der Waals surface area contributed by atoms with E-state index in [1.807, 2.05) is 30.3 Å². The zero-order chi connectivity index (χ0) is 21.5. The van der Waals surface area contributed by atoms with Crippen molar-refractivity contribution in [2.24, 2.45) is 0 Å². The van der Waals surface area contributed by atoms with Gasteiger partial charge in [-0.15, -0.1) is 0 Å². The Morgan fingerprint density at radius 3 is 2.63 bits per heavy atom.